The van der Waals surface area contributed by atoms with E-state index >= 15 is 0 Å². The largest absolute Gasteiger partial charge is 0.324 e. The van der Waals surface area contributed by atoms with Crippen LogP contribution in [0.1, 0.15) is 19.8 Å². The Bertz CT molecular complexity index is 811. The highest BCUT2D eigenvalue weighted by Gasteiger charge is 2.37. The van der Waals surface area contributed by atoms with Crippen molar-refractivity contribution in [1.29, 1.82) is 0 Å². The molecule has 1 aromatic carbocycles. The van der Waals surface area contributed by atoms with Crippen molar-refractivity contribution in [3.05, 3.63) is 36.9 Å². The van der Waals surface area contributed by atoms with Crippen molar-refractivity contribution in [3.63, 3.8) is 0 Å². The molecule has 3 rings (SSSR count). The molecule has 0 radical (unpaired) electrons. The van der Waals surface area contributed by atoms with Crippen molar-refractivity contribution in [2.24, 2.45) is 0 Å². The number of carbonyl (C=O) groups is 2. The van der Waals surface area contributed by atoms with Crippen LogP contribution < -0.4 is 5.32 Å². The lowest BCUT2D eigenvalue weighted by Crippen LogP contribution is -2.54. The smallest absolute Gasteiger partial charge is 0.320 e. The molecule has 1 aromatic rings. The van der Waals surface area contributed by atoms with Gasteiger partial charge in [-0.05, 0) is 42.6 Å². The molecule has 2 fully saturated rings. The van der Waals surface area contributed by atoms with Gasteiger partial charge in [-0.15, -0.1) is 0 Å². The standard InChI is InChI=1S/C21H28F2N4O2S/c1-3-19(28)24-17-5-7-18(8-6-17)30(4-2)27-15-13-26(14-16-27)20(29)25-11-9-21(22,23)10-12-25/h3-8H,1,9-16H2,2H3,(H,24,28). The van der Waals surface area contributed by atoms with Gasteiger partial charge in [-0.1, -0.05) is 17.2 Å². The summed E-state index contributed by atoms with van der Waals surface area (Å²) in [6.45, 7) is 8.30. The molecule has 2 aliphatic heterocycles. The van der Waals surface area contributed by atoms with E-state index in [2.05, 4.69) is 21.6 Å². The monoisotopic (exact) mass is 438 g/mol. The van der Waals surface area contributed by atoms with Crippen LogP contribution in [0.25, 0.3) is 0 Å². The second-order valence-electron chi connectivity index (χ2n) is 7.31. The molecule has 0 aromatic heterocycles. The molecular formula is C21H28F2N4O2S. The van der Waals surface area contributed by atoms with Gasteiger partial charge in [-0.25, -0.2) is 17.9 Å². The number of likely N-dealkylation sites (tertiary alicyclic amines) is 1. The molecule has 1 atom stereocenters. The average molecular weight is 439 g/mol. The number of hydrogen-bond acceptors (Lipinski definition) is 3. The molecule has 6 nitrogen and oxygen atoms in total. The SMILES string of the molecule is C=CC(=O)Nc1ccc(S(=CC)N2CCN(C(=O)N3CCC(F)(F)CC3)CC2)cc1. The van der Waals surface area contributed by atoms with Crippen LogP contribution in [0, 0.1) is 0 Å². The summed E-state index contributed by atoms with van der Waals surface area (Å²) in [7, 11) is -0.223. The van der Waals surface area contributed by atoms with Crippen molar-refractivity contribution in [2.45, 2.75) is 30.6 Å². The lowest BCUT2D eigenvalue weighted by molar-refractivity contribution is -0.111. The van der Waals surface area contributed by atoms with E-state index in [0.717, 1.165) is 18.0 Å². The maximum absolute atomic E-state index is 13.3. The fraction of sp³-hybridized carbons (Fsp3) is 0.476. The van der Waals surface area contributed by atoms with Crippen molar-refractivity contribution in [2.75, 3.05) is 44.6 Å². The van der Waals surface area contributed by atoms with E-state index in [1.807, 2.05) is 31.2 Å². The van der Waals surface area contributed by atoms with Gasteiger partial charge in [-0.3, -0.25) is 4.79 Å². The van der Waals surface area contributed by atoms with E-state index in [-0.39, 0.29) is 48.5 Å². The van der Waals surface area contributed by atoms with Gasteiger partial charge in [0.1, 0.15) is 0 Å². The Balaban J connectivity index is 1.56. The zero-order chi connectivity index (χ0) is 21.7. The molecule has 0 saturated carbocycles. The van der Waals surface area contributed by atoms with E-state index in [1.54, 1.807) is 9.80 Å². The highest BCUT2D eigenvalue weighted by molar-refractivity contribution is 8.13. The van der Waals surface area contributed by atoms with Crippen LogP contribution >= 0.6 is 10.7 Å². The van der Waals surface area contributed by atoms with E-state index in [0.29, 0.717) is 18.8 Å². The number of nitrogens with one attached hydrogen (secondary N) is 1. The third-order valence-electron chi connectivity index (χ3n) is 5.32. The van der Waals surface area contributed by atoms with Crippen molar-refractivity contribution < 1.29 is 18.4 Å². The number of halogens is 2. The van der Waals surface area contributed by atoms with Gasteiger partial charge in [0.25, 0.3) is 5.92 Å². The number of amides is 3. The van der Waals surface area contributed by atoms with Gasteiger partial charge < -0.3 is 15.1 Å². The number of carbonyl (C=O) groups excluding carboxylic acids is 2. The molecule has 1 unspecified atom stereocenters. The number of alkyl halides is 2. The maximum Gasteiger partial charge on any atom is 0.320 e. The number of rotatable bonds is 4. The predicted molar refractivity (Wildman–Crippen MR) is 117 cm³/mol. The van der Waals surface area contributed by atoms with Crippen molar-refractivity contribution >= 4 is 33.7 Å². The normalized spacial score (nSPS) is 20.6. The van der Waals surface area contributed by atoms with Crippen LogP contribution in [0.15, 0.2) is 41.8 Å². The molecular weight excluding hydrogens is 410 g/mol. The zero-order valence-corrected chi connectivity index (χ0v) is 18.0. The summed E-state index contributed by atoms with van der Waals surface area (Å²) in [6.07, 6.45) is 0.723. The number of hydrogen-bond donors (Lipinski definition) is 1. The summed E-state index contributed by atoms with van der Waals surface area (Å²) in [4.78, 5) is 28.5. The molecule has 0 aliphatic carbocycles. The Labute approximate surface area is 178 Å². The summed E-state index contributed by atoms with van der Waals surface area (Å²) in [5.74, 6) is -2.90. The molecule has 9 heteroatoms. The Morgan fingerprint density at radius 2 is 1.60 bits per heavy atom. The minimum Gasteiger partial charge on any atom is -0.324 e. The first-order valence-electron chi connectivity index (χ1n) is 10.1. The maximum atomic E-state index is 13.3. The number of nitrogens with zero attached hydrogens (tertiary/aromatic N) is 3. The Kier molecular flexibility index (Phi) is 7.25. The third-order valence-corrected chi connectivity index (χ3v) is 7.45. The molecule has 164 valence electrons. The Morgan fingerprint density at radius 1 is 1.03 bits per heavy atom. The van der Waals surface area contributed by atoms with Gasteiger partial charge >= 0.3 is 6.03 Å². The predicted octanol–water partition coefficient (Wildman–Crippen LogP) is 3.64. The van der Waals surface area contributed by atoms with Crippen LogP contribution in [-0.2, 0) is 4.79 Å². The summed E-state index contributed by atoms with van der Waals surface area (Å²) in [5.41, 5.74) is 0.714. The fourth-order valence-corrected chi connectivity index (χ4v) is 5.45. The third kappa shape index (κ3) is 5.46. The summed E-state index contributed by atoms with van der Waals surface area (Å²) >= 11 is 0. The van der Waals surface area contributed by atoms with E-state index < -0.39 is 5.92 Å². The number of benzene rings is 1. The Morgan fingerprint density at radius 3 is 2.13 bits per heavy atom. The highest BCUT2D eigenvalue weighted by Crippen LogP contribution is 2.33. The van der Waals surface area contributed by atoms with Crippen LogP contribution in [0.5, 0.6) is 0 Å². The van der Waals surface area contributed by atoms with E-state index in [4.69, 9.17) is 0 Å². The first kappa shape index (κ1) is 22.4. The zero-order valence-electron chi connectivity index (χ0n) is 17.2. The molecule has 1 N–H and O–H groups in total. The molecule has 2 heterocycles. The first-order chi connectivity index (χ1) is 14.3. The lowest BCUT2D eigenvalue weighted by Gasteiger charge is -2.40. The number of anilines is 1. The van der Waals surface area contributed by atoms with Crippen LogP contribution in [0.3, 0.4) is 0 Å². The molecule has 0 bridgehead atoms. The van der Waals surface area contributed by atoms with E-state index in [9.17, 15) is 18.4 Å². The van der Waals surface area contributed by atoms with Gasteiger partial charge in [-0.2, -0.15) is 0 Å². The van der Waals surface area contributed by atoms with Crippen LogP contribution in [0.2, 0.25) is 0 Å². The highest BCUT2D eigenvalue weighted by atomic mass is 32.2. The number of piperidine rings is 1. The summed E-state index contributed by atoms with van der Waals surface area (Å²) in [6, 6.07) is 7.59. The van der Waals surface area contributed by atoms with Gasteiger partial charge in [0.05, 0.1) is 0 Å². The number of piperazine rings is 1. The Hall–Kier alpha value is -2.26. The quantitative estimate of drug-likeness (QED) is 0.577. The molecule has 3 amide bonds. The van der Waals surface area contributed by atoms with Gasteiger partial charge in [0.15, 0.2) is 0 Å². The summed E-state index contributed by atoms with van der Waals surface area (Å²) in [5, 5.41) is 4.88. The average Bonchev–Trinajstić information content (AvgIpc) is 2.75. The molecule has 0 spiro atoms. The second-order valence-corrected chi connectivity index (χ2v) is 9.40. The van der Waals surface area contributed by atoms with Crippen molar-refractivity contribution in [1.82, 2.24) is 14.1 Å². The summed E-state index contributed by atoms with van der Waals surface area (Å²) < 4.78 is 29.0. The topological polar surface area (TPSA) is 55.9 Å². The number of urea groups is 1. The van der Waals surface area contributed by atoms with E-state index in [1.165, 1.54) is 6.08 Å². The van der Waals surface area contributed by atoms with Gasteiger partial charge in [0, 0.05) is 62.7 Å². The molecule has 30 heavy (non-hydrogen) atoms. The molecule has 2 aliphatic rings. The van der Waals surface area contributed by atoms with Crippen LogP contribution in [0.4, 0.5) is 19.3 Å². The van der Waals surface area contributed by atoms with Crippen LogP contribution in [-0.4, -0.2) is 76.6 Å². The van der Waals surface area contributed by atoms with Crippen molar-refractivity contribution in [3.8, 4) is 0 Å². The minimum absolute atomic E-state index is 0.119. The fourth-order valence-electron chi connectivity index (χ4n) is 3.61. The van der Waals surface area contributed by atoms with Gasteiger partial charge in [0.2, 0.25) is 5.91 Å². The second kappa shape index (κ2) is 9.70. The first-order valence-corrected chi connectivity index (χ1v) is 11.3. The molecule has 2 saturated heterocycles. The lowest BCUT2D eigenvalue weighted by atomic mass is 10.1. The minimum atomic E-state index is -2.65.